The molecule has 0 aliphatic carbocycles. The molecule has 0 saturated heterocycles. The van der Waals surface area contributed by atoms with Gasteiger partial charge in [0.05, 0.1) is 6.20 Å². The molecule has 0 aliphatic rings. The number of hydrogen-bond donors (Lipinski definition) is 3. The van der Waals surface area contributed by atoms with E-state index in [1.165, 1.54) is 0 Å². The van der Waals surface area contributed by atoms with Crippen LogP contribution in [-0.2, 0) is 0 Å². The molecule has 1 aromatic heterocycles. The molecule has 0 bridgehead atoms. The van der Waals surface area contributed by atoms with Crippen LogP contribution >= 0.6 is 0 Å². The summed E-state index contributed by atoms with van der Waals surface area (Å²) in [7, 11) is 0. The van der Waals surface area contributed by atoms with E-state index in [9.17, 15) is 4.79 Å². The van der Waals surface area contributed by atoms with Crippen molar-refractivity contribution in [3.63, 3.8) is 0 Å². The Balaban J connectivity index is 2.20. The van der Waals surface area contributed by atoms with Crippen molar-refractivity contribution in [2.24, 2.45) is 0 Å². The third-order valence-electron chi connectivity index (χ3n) is 2.60. The second-order valence-corrected chi connectivity index (χ2v) is 3.95. The van der Waals surface area contributed by atoms with Crippen LogP contribution in [0.25, 0.3) is 0 Å². The molecule has 2 aromatic rings. The number of carbonyl (C=O) groups excluding carboxylic acids is 1. The van der Waals surface area contributed by atoms with Crippen LogP contribution in [0.3, 0.4) is 0 Å². The van der Waals surface area contributed by atoms with Crippen LogP contribution < -0.4 is 11.1 Å². The number of hydrogen-bond acceptors (Lipinski definition) is 3. The molecule has 2 rings (SSSR count). The second kappa shape index (κ2) is 4.29. The van der Waals surface area contributed by atoms with Crippen LogP contribution in [0.2, 0.25) is 0 Å². The van der Waals surface area contributed by atoms with E-state index in [4.69, 9.17) is 5.73 Å². The van der Waals surface area contributed by atoms with Crippen molar-refractivity contribution in [2.45, 2.75) is 13.8 Å². The van der Waals surface area contributed by atoms with Gasteiger partial charge in [-0.3, -0.25) is 9.89 Å². The van der Waals surface area contributed by atoms with E-state index in [2.05, 4.69) is 15.5 Å². The lowest BCUT2D eigenvalue weighted by atomic mass is 10.1. The fraction of sp³-hybridized carbons (Fsp3) is 0.167. The molecule has 5 nitrogen and oxygen atoms in total. The van der Waals surface area contributed by atoms with Crippen LogP contribution in [-0.4, -0.2) is 16.1 Å². The first-order valence-corrected chi connectivity index (χ1v) is 5.25. The van der Waals surface area contributed by atoms with E-state index < -0.39 is 0 Å². The number of aromatic amines is 1. The van der Waals surface area contributed by atoms with Crippen LogP contribution in [0.1, 0.15) is 21.5 Å². The molecule has 5 heteroatoms. The Morgan fingerprint density at radius 1 is 1.35 bits per heavy atom. The van der Waals surface area contributed by atoms with Crippen LogP contribution in [0.15, 0.2) is 24.4 Å². The fourth-order valence-corrected chi connectivity index (χ4v) is 1.48. The van der Waals surface area contributed by atoms with E-state index >= 15 is 0 Å². The zero-order chi connectivity index (χ0) is 12.4. The van der Waals surface area contributed by atoms with Crippen LogP contribution in [0, 0.1) is 13.8 Å². The molecule has 0 spiro atoms. The lowest BCUT2D eigenvalue weighted by Gasteiger charge is -2.06. The Bertz CT molecular complexity index is 559. The van der Waals surface area contributed by atoms with Gasteiger partial charge >= 0.3 is 0 Å². The number of rotatable bonds is 2. The van der Waals surface area contributed by atoms with Crippen molar-refractivity contribution >= 4 is 17.4 Å². The number of aryl methyl sites for hydroxylation is 2. The van der Waals surface area contributed by atoms with E-state index in [0.717, 1.165) is 11.1 Å². The molecule has 0 saturated carbocycles. The second-order valence-electron chi connectivity index (χ2n) is 3.95. The number of carbonyl (C=O) groups is 1. The summed E-state index contributed by atoms with van der Waals surface area (Å²) in [6.45, 7) is 3.74. The first-order chi connectivity index (χ1) is 8.08. The van der Waals surface area contributed by atoms with Crippen molar-refractivity contribution in [3.05, 3.63) is 41.1 Å². The number of benzene rings is 1. The van der Waals surface area contributed by atoms with E-state index in [1.807, 2.05) is 13.8 Å². The molecule has 4 N–H and O–H groups in total. The average molecular weight is 230 g/mol. The number of amides is 1. The number of nitrogens with zero attached hydrogens (tertiary/aromatic N) is 1. The molecule has 0 aliphatic heterocycles. The Morgan fingerprint density at radius 3 is 2.71 bits per heavy atom. The highest BCUT2D eigenvalue weighted by Gasteiger charge is 2.09. The Labute approximate surface area is 99.0 Å². The number of nitrogens with one attached hydrogen (secondary N) is 2. The molecule has 0 radical (unpaired) electrons. The minimum absolute atomic E-state index is 0.180. The maximum atomic E-state index is 11.9. The van der Waals surface area contributed by atoms with E-state index in [0.29, 0.717) is 17.1 Å². The largest absolute Gasteiger partial charge is 0.399 e. The summed E-state index contributed by atoms with van der Waals surface area (Å²) in [6, 6.07) is 5.18. The maximum absolute atomic E-state index is 11.9. The number of anilines is 2. The smallest absolute Gasteiger partial charge is 0.256 e. The molecule has 1 heterocycles. The van der Waals surface area contributed by atoms with Gasteiger partial charge in [0.2, 0.25) is 0 Å². The third kappa shape index (κ3) is 2.28. The van der Waals surface area contributed by atoms with Gasteiger partial charge in [0, 0.05) is 16.8 Å². The molecule has 0 fully saturated rings. The zero-order valence-electron chi connectivity index (χ0n) is 9.74. The minimum Gasteiger partial charge on any atom is -0.399 e. The van der Waals surface area contributed by atoms with Gasteiger partial charge in [0.15, 0.2) is 0 Å². The minimum atomic E-state index is -0.180. The van der Waals surface area contributed by atoms with Crippen LogP contribution in [0.5, 0.6) is 0 Å². The number of nitrogen functional groups attached to an aromatic ring is 1. The zero-order valence-corrected chi connectivity index (χ0v) is 9.74. The highest BCUT2D eigenvalue weighted by atomic mass is 16.1. The molecule has 1 amide bonds. The first-order valence-electron chi connectivity index (χ1n) is 5.25. The quantitative estimate of drug-likeness (QED) is 0.688. The molecular weight excluding hydrogens is 216 g/mol. The normalized spacial score (nSPS) is 10.2. The first kappa shape index (κ1) is 11.2. The Hall–Kier alpha value is -2.30. The van der Waals surface area contributed by atoms with Crippen molar-refractivity contribution in [1.82, 2.24) is 10.2 Å². The highest BCUT2D eigenvalue weighted by molar-refractivity contribution is 6.04. The van der Waals surface area contributed by atoms with E-state index in [1.54, 1.807) is 24.4 Å². The van der Waals surface area contributed by atoms with Crippen molar-refractivity contribution in [1.29, 1.82) is 0 Å². The summed E-state index contributed by atoms with van der Waals surface area (Å²) in [5.41, 5.74) is 8.74. The standard InChI is InChI=1S/C12H14N4O/c1-7-5-9(3-4-10(7)13)12(17)15-11-8(2)6-14-16-11/h3-6H,13H2,1-2H3,(H2,14,15,16,17). The third-order valence-corrected chi connectivity index (χ3v) is 2.60. The van der Waals surface area contributed by atoms with Gasteiger partial charge in [-0.1, -0.05) is 0 Å². The lowest BCUT2D eigenvalue weighted by molar-refractivity contribution is 0.102. The molecule has 0 atom stereocenters. The Morgan fingerprint density at radius 2 is 2.12 bits per heavy atom. The summed E-state index contributed by atoms with van der Waals surface area (Å²) in [5, 5.41) is 9.32. The summed E-state index contributed by atoms with van der Waals surface area (Å²) in [6.07, 6.45) is 1.66. The number of aromatic nitrogens is 2. The average Bonchev–Trinajstić information content (AvgIpc) is 2.68. The monoisotopic (exact) mass is 230 g/mol. The lowest BCUT2D eigenvalue weighted by Crippen LogP contribution is -2.13. The number of H-pyrrole nitrogens is 1. The fourth-order valence-electron chi connectivity index (χ4n) is 1.48. The van der Waals surface area contributed by atoms with Gasteiger partial charge in [-0.25, -0.2) is 0 Å². The predicted molar refractivity (Wildman–Crippen MR) is 66.9 cm³/mol. The van der Waals surface area contributed by atoms with Gasteiger partial charge in [0.1, 0.15) is 5.82 Å². The molecule has 17 heavy (non-hydrogen) atoms. The Kier molecular flexibility index (Phi) is 2.82. The summed E-state index contributed by atoms with van der Waals surface area (Å²) >= 11 is 0. The maximum Gasteiger partial charge on any atom is 0.256 e. The summed E-state index contributed by atoms with van der Waals surface area (Å²) in [4.78, 5) is 11.9. The van der Waals surface area contributed by atoms with Gasteiger partial charge < -0.3 is 11.1 Å². The van der Waals surface area contributed by atoms with Crippen molar-refractivity contribution < 1.29 is 4.79 Å². The molecule has 1 aromatic carbocycles. The van der Waals surface area contributed by atoms with Gasteiger partial charge in [-0.2, -0.15) is 5.10 Å². The summed E-state index contributed by atoms with van der Waals surface area (Å²) < 4.78 is 0. The molecular formula is C12H14N4O. The molecule has 0 unspecified atom stereocenters. The van der Waals surface area contributed by atoms with E-state index in [-0.39, 0.29) is 5.91 Å². The predicted octanol–water partition coefficient (Wildman–Crippen LogP) is 1.86. The highest BCUT2D eigenvalue weighted by Crippen LogP contribution is 2.15. The van der Waals surface area contributed by atoms with Crippen LogP contribution in [0.4, 0.5) is 11.5 Å². The van der Waals surface area contributed by atoms with Gasteiger partial charge in [-0.15, -0.1) is 0 Å². The summed E-state index contributed by atoms with van der Waals surface area (Å²) in [5.74, 6) is 0.435. The van der Waals surface area contributed by atoms with Gasteiger partial charge in [-0.05, 0) is 37.6 Å². The van der Waals surface area contributed by atoms with Crippen molar-refractivity contribution in [2.75, 3.05) is 11.1 Å². The topological polar surface area (TPSA) is 83.8 Å². The SMILES string of the molecule is Cc1cc(C(=O)Nc2[nH]ncc2C)ccc1N. The van der Waals surface area contributed by atoms with Crippen molar-refractivity contribution in [3.8, 4) is 0 Å². The molecule has 88 valence electrons. The van der Waals surface area contributed by atoms with Gasteiger partial charge in [0.25, 0.3) is 5.91 Å². The number of nitrogens with two attached hydrogens (primary N) is 1.